The maximum Gasteiger partial charge on any atom is 0.269 e. The Morgan fingerprint density at radius 2 is 2.10 bits per heavy atom. The molecule has 1 saturated carbocycles. The van der Waals surface area contributed by atoms with E-state index < -0.39 is 18.0 Å². The lowest BCUT2D eigenvalue weighted by Crippen LogP contribution is -2.52. The van der Waals surface area contributed by atoms with Crippen LogP contribution >= 0.6 is 11.6 Å². The fourth-order valence-electron chi connectivity index (χ4n) is 3.50. The monoisotopic (exact) mass is 438 g/mol. The van der Waals surface area contributed by atoms with Crippen LogP contribution in [0.5, 0.6) is 5.75 Å². The molecule has 1 aliphatic rings. The van der Waals surface area contributed by atoms with Gasteiger partial charge in [0.2, 0.25) is 0 Å². The third-order valence-electron chi connectivity index (χ3n) is 4.99. The molecule has 2 unspecified atom stereocenters. The second-order valence-corrected chi connectivity index (χ2v) is 7.79. The molecule has 8 nitrogen and oxygen atoms in total. The minimum absolute atomic E-state index is 0.0248. The molecule has 2 aromatic rings. The first kappa shape index (κ1) is 22.0. The third-order valence-corrected chi connectivity index (χ3v) is 5.30. The van der Waals surface area contributed by atoms with E-state index in [0.717, 1.165) is 11.8 Å². The average Bonchev–Trinajstić information content (AvgIpc) is 3.03. The zero-order chi connectivity index (χ0) is 21.8. The van der Waals surface area contributed by atoms with Gasteiger partial charge in [0.1, 0.15) is 17.3 Å². The van der Waals surface area contributed by atoms with Crippen molar-refractivity contribution in [2.45, 2.75) is 44.4 Å². The predicted molar refractivity (Wildman–Crippen MR) is 108 cm³/mol. The quantitative estimate of drug-likeness (QED) is 0.637. The van der Waals surface area contributed by atoms with Gasteiger partial charge in [-0.1, -0.05) is 11.6 Å². The van der Waals surface area contributed by atoms with Gasteiger partial charge in [-0.05, 0) is 44.4 Å². The Balaban J connectivity index is 1.45. The molecule has 0 radical (unpaired) electrons. The van der Waals surface area contributed by atoms with Crippen LogP contribution in [0.15, 0.2) is 24.3 Å². The molecule has 0 bridgehead atoms. The molecule has 1 heterocycles. The highest BCUT2D eigenvalue weighted by Gasteiger charge is 2.31. The van der Waals surface area contributed by atoms with E-state index in [1.807, 2.05) is 0 Å². The van der Waals surface area contributed by atoms with Gasteiger partial charge >= 0.3 is 0 Å². The Morgan fingerprint density at radius 1 is 1.33 bits per heavy atom. The van der Waals surface area contributed by atoms with Crippen molar-refractivity contribution in [2.24, 2.45) is 7.05 Å². The molecule has 162 valence electrons. The van der Waals surface area contributed by atoms with E-state index in [-0.39, 0.29) is 35.2 Å². The van der Waals surface area contributed by atoms with Gasteiger partial charge in [0.25, 0.3) is 11.8 Å². The molecule has 1 aliphatic carbocycles. The summed E-state index contributed by atoms with van der Waals surface area (Å²) in [5, 5.41) is 20.2. The number of aliphatic hydroxyl groups is 1. The number of ether oxygens (including phenoxy) is 1. The summed E-state index contributed by atoms with van der Waals surface area (Å²) in [5.74, 6) is -1.10. The summed E-state index contributed by atoms with van der Waals surface area (Å²) in [5.41, 5.74) is 1.16. The van der Waals surface area contributed by atoms with E-state index in [1.54, 1.807) is 20.0 Å². The summed E-state index contributed by atoms with van der Waals surface area (Å²) in [7, 11) is 1.69. The number of carbonyl (C=O) groups is 2. The summed E-state index contributed by atoms with van der Waals surface area (Å²) >= 11 is 5.61. The molecule has 0 spiro atoms. The largest absolute Gasteiger partial charge is 0.484 e. The summed E-state index contributed by atoms with van der Waals surface area (Å²) in [6.45, 7) is 1.51. The molecule has 3 rings (SSSR count). The highest BCUT2D eigenvalue weighted by Crippen LogP contribution is 2.21. The Morgan fingerprint density at radius 3 is 2.73 bits per heavy atom. The number of amides is 2. The van der Waals surface area contributed by atoms with Crippen LogP contribution in [0.2, 0.25) is 5.02 Å². The number of aliphatic hydroxyl groups excluding tert-OH is 1. The number of carbonyl (C=O) groups excluding carboxylic acids is 2. The number of benzene rings is 1. The first-order chi connectivity index (χ1) is 14.2. The Kier molecular flexibility index (Phi) is 6.94. The number of rotatable bonds is 6. The first-order valence-corrected chi connectivity index (χ1v) is 9.97. The van der Waals surface area contributed by atoms with Gasteiger partial charge in [0, 0.05) is 19.2 Å². The molecular weight excluding hydrogens is 415 g/mol. The van der Waals surface area contributed by atoms with Crippen molar-refractivity contribution < 1.29 is 23.8 Å². The van der Waals surface area contributed by atoms with Crippen molar-refractivity contribution in [3.8, 4) is 5.75 Å². The molecule has 1 fully saturated rings. The van der Waals surface area contributed by atoms with Crippen molar-refractivity contribution in [2.75, 3.05) is 6.61 Å². The summed E-state index contributed by atoms with van der Waals surface area (Å²) in [6.07, 6.45) is 0.608. The SMILES string of the molecule is Cc1cc(C(=O)NC2CCC(NC(=O)COc3ccc(Cl)c(F)c3)C[C@@H]2O)n(C)n1. The van der Waals surface area contributed by atoms with E-state index in [9.17, 15) is 19.1 Å². The fraction of sp³-hybridized carbons (Fsp3) is 0.450. The lowest BCUT2D eigenvalue weighted by molar-refractivity contribution is -0.124. The van der Waals surface area contributed by atoms with Gasteiger partial charge in [0.05, 0.1) is 22.9 Å². The fourth-order valence-corrected chi connectivity index (χ4v) is 3.61. The lowest BCUT2D eigenvalue weighted by atomic mass is 9.88. The van der Waals surface area contributed by atoms with Crippen LogP contribution in [0.25, 0.3) is 0 Å². The van der Waals surface area contributed by atoms with E-state index >= 15 is 0 Å². The molecule has 3 N–H and O–H groups in total. The van der Waals surface area contributed by atoms with Crippen molar-refractivity contribution in [1.82, 2.24) is 20.4 Å². The smallest absolute Gasteiger partial charge is 0.269 e. The maximum atomic E-state index is 13.4. The minimum atomic E-state index is -0.798. The van der Waals surface area contributed by atoms with Crippen molar-refractivity contribution in [3.63, 3.8) is 0 Å². The van der Waals surface area contributed by atoms with E-state index in [4.69, 9.17) is 16.3 Å². The number of halogens is 2. The maximum absolute atomic E-state index is 13.4. The number of hydrogen-bond acceptors (Lipinski definition) is 5. The molecule has 1 aromatic heterocycles. The van der Waals surface area contributed by atoms with E-state index in [2.05, 4.69) is 15.7 Å². The summed E-state index contributed by atoms with van der Waals surface area (Å²) in [4.78, 5) is 24.5. The van der Waals surface area contributed by atoms with Crippen LogP contribution in [0.4, 0.5) is 4.39 Å². The Hall–Kier alpha value is -2.65. The third kappa shape index (κ3) is 5.48. The lowest BCUT2D eigenvalue weighted by Gasteiger charge is -2.33. The average molecular weight is 439 g/mol. The van der Waals surface area contributed by atoms with Crippen molar-refractivity contribution in [3.05, 3.63) is 46.5 Å². The number of nitrogens with zero attached hydrogens (tertiary/aromatic N) is 2. The van der Waals surface area contributed by atoms with Crippen LogP contribution in [0, 0.1) is 12.7 Å². The topological polar surface area (TPSA) is 105 Å². The predicted octanol–water partition coefficient (Wildman–Crippen LogP) is 1.73. The van der Waals surface area contributed by atoms with Crippen molar-refractivity contribution in [1.29, 1.82) is 0 Å². The van der Waals surface area contributed by atoms with E-state index in [0.29, 0.717) is 25.0 Å². The molecule has 0 aliphatic heterocycles. The molecule has 3 atom stereocenters. The van der Waals surface area contributed by atoms with Gasteiger partial charge in [-0.3, -0.25) is 14.3 Å². The molecule has 10 heteroatoms. The second kappa shape index (κ2) is 9.44. The zero-order valence-electron chi connectivity index (χ0n) is 16.7. The van der Waals surface area contributed by atoms with Crippen LogP contribution < -0.4 is 15.4 Å². The van der Waals surface area contributed by atoms with Crippen LogP contribution in [-0.2, 0) is 11.8 Å². The minimum Gasteiger partial charge on any atom is -0.484 e. The number of nitrogens with one attached hydrogen (secondary N) is 2. The number of aromatic nitrogens is 2. The van der Waals surface area contributed by atoms with E-state index in [1.165, 1.54) is 16.8 Å². The van der Waals surface area contributed by atoms with Gasteiger partial charge in [0.15, 0.2) is 6.61 Å². The normalized spacial score (nSPS) is 21.2. The number of hydrogen-bond donors (Lipinski definition) is 3. The Labute approximate surface area is 178 Å². The zero-order valence-corrected chi connectivity index (χ0v) is 17.4. The van der Waals surface area contributed by atoms with Crippen LogP contribution in [0.3, 0.4) is 0 Å². The molecule has 30 heavy (non-hydrogen) atoms. The molecular formula is C20H24ClFN4O4. The highest BCUT2D eigenvalue weighted by molar-refractivity contribution is 6.30. The second-order valence-electron chi connectivity index (χ2n) is 7.38. The van der Waals surface area contributed by atoms with Gasteiger partial charge in [-0.25, -0.2) is 4.39 Å². The number of aryl methyl sites for hydroxylation is 2. The molecule has 0 saturated heterocycles. The van der Waals surface area contributed by atoms with Crippen LogP contribution in [0.1, 0.15) is 35.4 Å². The summed E-state index contributed by atoms with van der Waals surface area (Å²) in [6, 6.07) is 4.96. The van der Waals surface area contributed by atoms with Crippen LogP contribution in [-0.4, -0.2) is 51.5 Å². The Bertz CT molecular complexity index is 936. The van der Waals surface area contributed by atoms with Gasteiger partial charge < -0.3 is 20.5 Å². The molecule has 1 aromatic carbocycles. The first-order valence-electron chi connectivity index (χ1n) is 9.59. The van der Waals surface area contributed by atoms with Gasteiger partial charge in [-0.2, -0.15) is 5.10 Å². The van der Waals surface area contributed by atoms with Gasteiger partial charge in [-0.15, -0.1) is 0 Å². The summed E-state index contributed by atoms with van der Waals surface area (Å²) < 4.78 is 20.2. The molecule has 2 amide bonds. The standard InChI is InChI=1S/C20H24ClFN4O4/c1-11-7-17(26(2)25-11)20(29)24-16-6-3-12(8-18(16)27)23-19(28)10-30-13-4-5-14(21)15(22)9-13/h4-5,7,9,12,16,18,27H,3,6,8,10H2,1-2H3,(H,23,28)(H,24,29)/t12?,16?,18-/m0/s1. The van der Waals surface area contributed by atoms with Crippen molar-refractivity contribution >= 4 is 23.4 Å². The highest BCUT2D eigenvalue weighted by atomic mass is 35.5.